The molecule has 1 aromatic heterocycles. The number of likely N-dealkylation sites (N-methyl/N-ethyl adjacent to an activating group) is 1. The van der Waals surface area contributed by atoms with Gasteiger partial charge in [0.1, 0.15) is 17.9 Å². The molecule has 2 rings (SSSR count). The topological polar surface area (TPSA) is 84.0 Å². The highest BCUT2D eigenvalue weighted by molar-refractivity contribution is 5.81. The molecular weight excluding hydrogens is 296 g/mol. The van der Waals surface area contributed by atoms with Gasteiger partial charge in [0.2, 0.25) is 0 Å². The molecule has 2 aromatic rings. The van der Waals surface area contributed by atoms with E-state index in [4.69, 9.17) is 4.42 Å². The van der Waals surface area contributed by atoms with Gasteiger partial charge in [-0.05, 0) is 32.9 Å². The Kier molecular flexibility index (Phi) is 5.39. The van der Waals surface area contributed by atoms with Crippen molar-refractivity contribution in [3.05, 3.63) is 40.2 Å². The van der Waals surface area contributed by atoms with E-state index in [1.165, 1.54) is 12.1 Å². The first-order valence-corrected chi connectivity index (χ1v) is 7.77. The number of phenols is 1. The maximum atomic E-state index is 11.9. The summed E-state index contributed by atoms with van der Waals surface area (Å²) in [6, 6.07) is 6.27. The monoisotopic (exact) mass is 319 g/mol. The number of benzene rings is 1. The van der Waals surface area contributed by atoms with E-state index in [1.807, 2.05) is 20.8 Å². The summed E-state index contributed by atoms with van der Waals surface area (Å²) >= 11 is 0. The lowest BCUT2D eigenvalue weighted by Gasteiger charge is -2.18. The van der Waals surface area contributed by atoms with Gasteiger partial charge in [-0.1, -0.05) is 0 Å². The zero-order chi connectivity index (χ0) is 17.0. The quantitative estimate of drug-likeness (QED) is 0.674. The molecule has 23 heavy (non-hydrogen) atoms. The number of rotatable bonds is 6. The molecule has 0 saturated heterocycles. The Hall–Kier alpha value is -2.34. The van der Waals surface area contributed by atoms with Gasteiger partial charge in [0.15, 0.2) is 6.54 Å². The molecule has 1 atom stereocenters. The maximum Gasteiger partial charge on any atom is 0.336 e. The minimum atomic E-state index is -0.458. The maximum absolute atomic E-state index is 11.9. The Bertz CT molecular complexity index is 752. The molecule has 6 nitrogen and oxygen atoms in total. The van der Waals surface area contributed by atoms with Crippen LogP contribution < -0.4 is 15.8 Å². The molecule has 124 valence electrons. The lowest BCUT2D eigenvalue weighted by molar-refractivity contribution is -0.904. The molecule has 0 bridgehead atoms. The molecule has 0 aliphatic rings. The zero-order valence-corrected chi connectivity index (χ0v) is 13.7. The van der Waals surface area contributed by atoms with Crippen LogP contribution in [0, 0.1) is 0 Å². The van der Waals surface area contributed by atoms with Gasteiger partial charge in [0, 0.05) is 29.1 Å². The second-order valence-corrected chi connectivity index (χ2v) is 5.95. The minimum absolute atomic E-state index is 0.0123. The Balaban J connectivity index is 2.25. The summed E-state index contributed by atoms with van der Waals surface area (Å²) in [5.41, 5.74) is 0.709. The largest absolute Gasteiger partial charge is 0.508 e. The van der Waals surface area contributed by atoms with Crippen molar-refractivity contribution in [2.75, 3.05) is 13.1 Å². The number of carbonyl (C=O) groups is 1. The van der Waals surface area contributed by atoms with Crippen molar-refractivity contribution in [2.45, 2.75) is 33.4 Å². The third-order valence-corrected chi connectivity index (χ3v) is 3.61. The van der Waals surface area contributed by atoms with Crippen LogP contribution in [-0.4, -0.2) is 30.1 Å². The molecule has 0 aliphatic carbocycles. The van der Waals surface area contributed by atoms with Gasteiger partial charge in [-0.15, -0.1) is 0 Å². The van der Waals surface area contributed by atoms with Crippen molar-refractivity contribution in [3.63, 3.8) is 0 Å². The molecule has 0 radical (unpaired) electrons. The van der Waals surface area contributed by atoms with Crippen LogP contribution in [0.25, 0.3) is 11.0 Å². The number of carbonyl (C=O) groups excluding carboxylic acids is 1. The van der Waals surface area contributed by atoms with Crippen molar-refractivity contribution >= 4 is 16.9 Å². The fourth-order valence-electron chi connectivity index (χ4n) is 2.55. The van der Waals surface area contributed by atoms with E-state index in [2.05, 4.69) is 5.32 Å². The number of hydrogen-bond acceptors (Lipinski definition) is 4. The van der Waals surface area contributed by atoms with Crippen molar-refractivity contribution in [2.24, 2.45) is 0 Å². The summed E-state index contributed by atoms with van der Waals surface area (Å²) in [7, 11) is 0. The smallest absolute Gasteiger partial charge is 0.336 e. The van der Waals surface area contributed by atoms with Gasteiger partial charge in [0.05, 0.1) is 6.54 Å². The van der Waals surface area contributed by atoms with Gasteiger partial charge in [-0.3, -0.25) is 4.79 Å². The highest BCUT2D eigenvalue weighted by atomic mass is 16.4. The van der Waals surface area contributed by atoms with E-state index in [0.29, 0.717) is 18.7 Å². The zero-order valence-electron chi connectivity index (χ0n) is 13.7. The Morgan fingerprint density at radius 3 is 2.74 bits per heavy atom. The second kappa shape index (κ2) is 7.28. The summed E-state index contributed by atoms with van der Waals surface area (Å²) < 4.78 is 5.13. The Morgan fingerprint density at radius 1 is 1.35 bits per heavy atom. The summed E-state index contributed by atoms with van der Waals surface area (Å²) in [4.78, 5) is 24.7. The normalized spacial score (nSPS) is 12.5. The molecule has 0 saturated carbocycles. The van der Waals surface area contributed by atoms with E-state index in [9.17, 15) is 14.7 Å². The van der Waals surface area contributed by atoms with Gasteiger partial charge in [-0.2, -0.15) is 0 Å². The first-order chi connectivity index (χ1) is 10.9. The Morgan fingerprint density at radius 2 is 2.09 bits per heavy atom. The van der Waals surface area contributed by atoms with Gasteiger partial charge >= 0.3 is 5.63 Å². The minimum Gasteiger partial charge on any atom is -0.508 e. The van der Waals surface area contributed by atoms with Crippen LogP contribution >= 0.6 is 0 Å². The van der Waals surface area contributed by atoms with Crippen LogP contribution in [0.15, 0.2) is 33.5 Å². The van der Waals surface area contributed by atoms with E-state index in [0.717, 1.165) is 22.4 Å². The molecule has 0 fully saturated rings. The van der Waals surface area contributed by atoms with E-state index < -0.39 is 5.63 Å². The third kappa shape index (κ3) is 4.56. The number of fused-ring (bicyclic) bond motifs is 1. The van der Waals surface area contributed by atoms with Gasteiger partial charge in [0.25, 0.3) is 5.91 Å². The molecule has 1 amide bonds. The predicted octanol–water partition coefficient (Wildman–Crippen LogP) is 0.428. The fourth-order valence-corrected chi connectivity index (χ4v) is 2.55. The van der Waals surface area contributed by atoms with Gasteiger partial charge < -0.3 is 19.7 Å². The second-order valence-electron chi connectivity index (χ2n) is 5.95. The first-order valence-electron chi connectivity index (χ1n) is 7.77. The predicted molar refractivity (Wildman–Crippen MR) is 87.5 cm³/mol. The summed E-state index contributed by atoms with van der Waals surface area (Å²) in [6.07, 6.45) is 0. The van der Waals surface area contributed by atoms with Crippen molar-refractivity contribution in [3.8, 4) is 5.75 Å². The lowest BCUT2D eigenvalue weighted by Crippen LogP contribution is -3.11. The van der Waals surface area contributed by atoms with Crippen molar-refractivity contribution in [1.29, 1.82) is 0 Å². The molecule has 1 unspecified atom stereocenters. The highest BCUT2D eigenvalue weighted by Crippen LogP contribution is 2.21. The number of nitrogens with one attached hydrogen (secondary N) is 2. The number of phenolic OH excluding ortho intramolecular Hbond substituents is 1. The highest BCUT2D eigenvalue weighted by Gasteiger charge is 2.16. The SMILES string of the molecule is CC[NH+](CC(=O)NC(C)C)Cc1cc(=O)oc2cc(O)ccc12. The van der Waals surface area contributed by atoms with Crippen molar-refractivity contribution < 1.29 is 19.2 Å². The Labute approximate surface area is 134 Å². The summed E-state index contributed by atoms with van der Waals surface area (Å²) in [5.74, 6) is 0.0376. The van der Waals surface area contributed by atoms with Crippen molar-refractivity contribution in [1.82, 2.24) is 5.32 Å². The van der Waals surface area contributed by atoms with Crippen LogP contribution in [0.3, 0.4) is 0 Å². The number of hydrogen-bond donors (Lipinski definition) is 3. The molecule has 1 heterocycles. The molecule has 3 N–H and O–H groups in total. The van der Waals surface area contributed by atoms with Crippen LogP contribution in [0.2, 0.25) is 0 Å². The van der Waals surface area contributed by atoms with Crippen LogP contribution in [0.4, 0.5) is 0 Å². The fraction of sp³-hybridized carbons (Fsp3) is 0.412. The average Bonchev–Trinajstić information content (AvgIpc) is 2.44. The van der Waals surface area contributed by atoms with Gasteiger partial charge in [-0.25, -0.2) is 4.79 Å². The number of quaternary nitrogens is 1. The molecular formula is C17H23N2O4+. The van der Waals surface area contributed by atoms with E-state index in [-0.39, 0.29) is 17.7 Å². The van der Waals surface area contributed by atoms with Crippen LogP contribution in [-0.2, 0) is 11.3 Å². The summed E-state index contributed by atoms with van der Waals surface area (Å²) in [6.45, 7) is 7.48. The number of amides is 1. The lowest BCUT2D eigenvalue weighted by atomic mass is 10.1. The van der Waals surface area contributed by atoms with E-state index in [1.54, 1.807) is 12.1 Å². The standard InChI is InChI=1S/C17H22N2O4/c1-4-19(10-16(21)18-11(2)3)9-12-7-17(22)23-15-8-13(20)5-6-14(12)15/h5-8,11,20H,4,9-10H2,1-3H3,(H,18,21)/p+1. The van der Waals surface area contributed by atoms with E-state index >= 15 is 0 Å². The summed E-state index contributed by atoms with van der Waals surface area (Å²) in [5, 5.41) is 13.2. The number of aromatic hydroxyl groups is 1. The van der Waals surface area contributed by atoms with Crippen LogP contribution in [0.5, 0.6) is 5.75 Å². The molecule has 1 aromatic carbocycles. The molecule has 0 spiro atoms. The van der Waals surface area contributed by atoms with Crippen LogP contribution in [0.1, 0.15) is 26.3 Å². The molecule has 0 aliphatic heterocycles. The third-order valence-electron chi connectivity index (χ3n) is 3.61. The first kappa shape index (κ1) is 17.0. The average molecular weight is 319 g/mol. The molecule has 6 heteroatoms.